The molecule has 0 aliphatic rings. The van der Waals surface area contributed by atoms with Crippen LogP contribution in [0.5, 0.6) is 5.75 Å². The first-order chi connectivity index (χ1) is 13.6. The number of hydrogen-bond acceptors (Lipinski definition) is 5. The lowest BCUT2D eigenvalue weighted by Crippen LogP contribution is -2.22. The number of thiazole rings is 1. The van der Waals surface area contributed by atoms with Gasteiger partial charge in [-0.3, -0.25) is 0 Å². The Balaban J connectivity index is 0.00000320. The van der Waals surface area contributed by atoms with Gasteiger partial charge in [-0.15, -0.1) is 28.3 Å². The van der Waals surface area contributed by atoms with Crippen molar-refractivity contribution in [3.05, 3.63) is 56.6 Å². The molecule has 1 heterocycles. The second-order valence-corrected chi connectivity index (χ2v) is 10.1. The summed E-state index contributed by atoms with van der Waals surface area (Å²) in [5.41, 5.74) is 2.18. The molecule has 0 atom stereocenters. The second kappa shape index (κ2) is 9.84. The summed E-state index contributed by atoms with van der Waals surface area (Å²) in [6.45, 7) is 0. The maximum atomic E-state index is 12.6. The van der Waals surface area contributed by atoms with Crippen LogP contribution in [0.15, 0.2) is 51.7 Å². The minimum absolute atomic E-state index is 0. The van der Waals surface area contributed by atoms with Crippen molar-refractivity contribution in [1.29, 1.82) is 0 Å². The highest BCUT2D eigenvalue weighted by Crippen LogP contribution is 2.31. The quantitative estimate of drug-likeness (QED) is 0.441. The maximum Gasteiger partial charge on any atom is 0.244 e. The number of aromatic nitrogens is 1. The van der Waals surface area contributed by atoms with Crippen molar-refractivity contribution in [2.45, 2.75) is 4.90 Å². The molecular formula is C19H20BrCl2N3O3S2. The zero-order valence-corrected chi connectivity index (χ0v) is 21.4. The van der Waals surface area contributed by atoms with Gasteiger partial charge in [0.2, 0.25) is 10.0 Å². The summed E-state index contributed by atoms with van der Waals surface area (Å²) >= 11 is 13.6. The van der Waals surface area contributed by atoms with E-state index in [1.54, 1.807) is 43.5 Å². The first kappa shape index (κ1) is 24.9. The molecule has 0 N–H and O–H groups in total. The number of nitrogens with zero attached hydrogens (tertiary/aromatic N) is 3. The number of rotatable bonds is 5. The van der Waals surface area contributed by atoms with Crippen molar-refractivity contribution in [2.75, 3.05) is 21.2 Å². The molecule has 6 nitrogen and oxygen atoms in total. The minimum atomic E-state index is -3.66. The molecule has 0 unspecified atom stereocenters. The molecule has 0 radical (unpaired) electrons. The Bertz CT molecular complexity index is 1240. The van der Waals surface area contributed by atoms with E-state index in [4.69, 9.17) is 27.9 Å². The molecule has 0 saturated heterocycles. The van der Waals surface area contributed by atoms with Crippen molar-refractivity contribution >= 4 is 67.2 Å². The lowest BCUT2D eigenvalue weighted by Gasteiger charge is -2.14. The van der Waals surface area contributed by atoms with Gasteiger partial charge < -0.3 is 9.30 Å². The largest absolute Gasteiger partial charge is 0.494 e. The number of benzene rings is 2. The number of ether oxygens (including phenoxy) is 1. The van der Waals surface area contributed by atoms with E-state index in [1.807, 2.05) is 17.0 Å². The van der Waals surface area contributed by atoms with Gasteiger partial charge in [-0.05, 0) is 24.3 Å². The molecule has 0 bridgehead atoms. The van der Waals surface area contributed by atoms with Crippen LogP contribution in [0, 0.1) is 0 Å². The normalized spacial score (nSPS) is 12.2. The molecule has 11 heteroatoms. The fourth-order valence-electron chi connectivity index (χ4n) is 2.64. The third-order valence-corrected chi connectivity index (χ3v) is 7.72. The molecule has 0 amide bonds. The van der Waals surface area contributed by atoms with E-state index in [0.717, 1.165) is 15.6 Å². The molecule has 3 rings (SSSR count). The maximum absolute atomic E-state index is 12.6. The Morgan fingerprint density at radius 3 is 2.47 bits per heavy atom. The highest BCUT2D eigenvalue weighted by molar-refractivity contribution is 8.93. The summed E-state index contributed by atoms with van der Waals surface area (Å²) in [5, 5.41) is 2.65. The smallest absolute Gasteiger partial charge is 0.244 e. The predicted molar refractivity (Wildman–Crippen MR) is 128 cm³/mol. The molecule has 1 aromatic heterocycles. The van der Waals surface area contributed by atoms with Gasteiger partial charge in [0.15, 0.2) is 4.80 Å². The topological polar surface area (TPSA) is 63.9 Å². The molecule has 0 aliphatic carbocycles. The summed E-state index contributed by atoms with van der Waals surface area (Å²) in [6.07, 6.45) is 0. The second-order valence-electron chi connectivity index (χ2n) is 6.32. The molecule has 0 aliphatic heterocycles. The zero-order chi connectivity index (χ0) is 21.3. The van der Waals surface area contributed by atoms with Gasteiger partial charge in [0.25, 0.3) is 0 Å². The lowest BCUT2D eigenvalue weighted by atomic mass is 10.2. The number of hydrogen-bond donors (Lipinski definition) is 0. The number of halogens is 3. The van der Waals surface area contributed by atoms with E-state index in [0.29, 0.717) is 21.3 Å². The first-order valence-corrected chi connectivity index (χ1v) is 11.5. The van der Waals surface area contributed by atoms with Crippen LogP contribution in [0.3, 0.4) is 0 Å². The van der Waals surface area contributed by atoms with E-state index in [2.05, 4.69) is 4.99 Å². The van der Waals surface area contributed by atoms with Crippen molar-refractivity contribution in [2.24, 2.45) is 12.0 Å². The van der Waals surface area contributed by atoms with Crippen LogP contribution in [0.2, 0.25) is 10.0 Å². The van der Waals surface area contributed by atoms with E-state index in [9.17, 15) is 8.42 Å². The number of methoxy groups -OCH3 is 1. The average Bonchev–Trinajstić information content (AvgIpc) is 3.03. The fourth-order valence-corrected chi connectivity index (χ4v) is 5.11. The monoisotopic (exact) mass is 551 g/mol. The van der Waals surface area contributed by atoms with Crippen LogP contribution in [-0.4, -0.2) is 38.5 Å². The SMILES string of the molecule is Br.COc1cc(Cl)ccc1N=c1scc(-c2ccc(Cl)c(S(=O)(=O)N(C)C)c2)n1C. The third-order valence-electron chi connectivity index (χ3n) is 4.27. The van der Waals surface area contributed by atoms with Gasteiger partial charge in [-0.25, -0.2) is 17.7 Å². The summed E-state index contributed by atoms with van der Waals surface area (Å²) in [4.78, 5) is 5.44. The van der Waals surface area contributed by atoms with Crippen LogP contribution in [0.1, 0.15) is 0 Å². The average molecular weight is 553 g/mol. The summed E-state index contributed by atoms with van der Waals surface area (Å²) < 4.78 is 33.5. The van der Waals surface area contributed by atoms with Crippen molar-refractivity contribution in [3.63, 3.8) is 0 Å². The summed E-state index contributed by atoms with van der Waals surface area (Å²) in [7, 11) is 2.70. The standard InChI is InChI=1S/C19H19Cl2N3O3S2.BrH/c1-23(2)29(25,26)18-9-12(5-7-14(18)21)16-11-28-19(24(16)3)22-15-8-6-13(20)10-17(15)27-4;/h5-11H,1-4H3;1H. The first-order valence-electron chi connectivity index (χ1n) is 8.40. The Morgan fingerprint density at radius 2 is 1.83 bits per heavy atom. The Morgan fingerprint density at radius 1 is 1.13 bits per heavy atom. The molecular weight excluding hydrogens is 533 g/mol. The van der Waals surface area contributed by atoms with Crippen LogP contribution in [0.4, 0.5) is 5.69 Å². The lowest BCUT2D eigenvalue weighted by molar-refractivity contribution is 0.416. The Kier molecular flexibility index (Phi) is 8.17. The highest BCUT2D eigenvalue weighted by Gasteiger charge is 2.22. The van der Waals surface area contributed by atoms with Crippen LogP contribution in [0.25, 0.3) is 11.3 Å². The third kappa shape index (κ3) is 4.92. The molecule has 0 fully saturated rings. The van der Waals surface area contributed by atoms with Crippen molar-refractivity contribution in [3.8, 4) is 17.0 Å². The predicted octanol–water partition coefficient (Wildman–Crippen LogP) is 5.13. The van der Waals surface area contributed by atoms with Crippen LogP contribution >= 0.6 is 51.5 Å². The van der Waals surface area contributed by atoms with Gasteiger partial charge in [0.05, 0.1) is 17.8 Å². The van der Waals surface area contributed by atoms with Crippen LogP contribution in [-0.2, 0) is 17.1 Å². The molecule has 2 aromatic carbocycles. The van der Waals surface area contributed by atoms with Gasteiger partial charge in [-0.2, -0.15) is 0 Å². The van der Waals surface area contributed by atoms with Gasteiger partial charge >= 0.3 is 0 Å². The Hall–Kier alpha value is -1.36. The van der Waals surface area contributed by atoms with E-state index in [1.165, 1.54) is 25.4 Å². The number of sulfonamides is 1. The Labute approximate surface area is 200 Å². The summed E-state index contributed by atoms with van der Waals surface area (Å²) in [6, 6.07) is 10.2. The fraction of sp³-hybridized carbons (Fsp3) is 0.211. The zero-order valence-electron chi connectivity index (χ0n) is 16.6. The molecule has 0 spiro atoms. The minimum Gasteiger partial charge on any atom is -0.494 e. The van der Waals surface area contributed by atoms with Crippen LogP contribution < -0.4 is 9.54 Å². The van der Waals surface area contributed by atoms with Gasteiger partial charge in [-0.1, -0.05) is 29.3 Å². The summed E-state index contributed by atoms with van der Waals surface area (Å²) in [5.74, 6) is 0.568. The van der Waals surface area contributed by atoms with E-state index >= 15 is 0 Å². The van der Waals surface area contributed by atoms with Gasteiger partial charge in [0, 0.05) is 43.2 Å². The molecule has 0 saturated carbocycles. The van der Waals surface area contributed by atoms with E-state index < -0.39 is 10.0 Å². The van der Waals surface area contributed by atoms with E-state index in [-0.39, 0.29) is 26.9 Å². The molecule has 3 aromatic rings. The van der Waals surface area contributed by atoms with Gasteiger partial charge in [0.1, 0.15) is 16.3 Å². The molecule has 162 valence electrons. The molecule has 30 heavy (non-hydrogen) atoms. The van der Waals surface area contributed by atoms with Crippen molar-refractivity contribution < 1.29 is 13.2 Å². The highest BCUT2D eigenvalue weighted by atomic mass is 79.9. The van der Waals surface area contributed by atoms with Crippen molar-refractivity contribution in [1.82, 2.24) is 8.87 Å².